The van der Waals surface area contributed by atoms with Crippen LogP contribution in [0.2, 0.25) is 0 Å². The number of rotatable bonds is 7. The van der Waals surface area contributed by atoms with Gasteiger partial charge in [-0.15, -0.1) is 0 Å². The van der Waals surface area contributed by atoms with E-state index in [-0.39, 0.29) is 6.17 Å². The van der Waals surface area contributed by atoms with Gasteiger partial charge in [0.2, 0.25) is 5.95 Å². The summed E-state index contributed by atoms with van der Waals surface area (Å²) in [5.74, 6) is 0.318. The number of benzene rings is 1. The lowest BCUT2D eigenvalue weighted by Crippen LogP contribution is -2.33. The molecule has 27 heavy (non-hydrogen) atoms. The molecule has 6 nitrogen and oxygen atoms in total. The van der Waals surface area contributed by atoms with Gasteiger partial charge in [-0.05, 0) is 56.1 Å². The third-order valence-corrected chi connectivity index (χ3v) is 4.50. The molecule has 1 unspecified atom stereocenters. The van der Waals surface area contributed by atoms with Crippen molar-refractivity contribution in [2.45, 2.75) is 26.2 Å². The molecule has 3 rings (SSSR count). The molecule has 0 bridgehead atoms. The minimum atomic E-state index is -0.526. The largest absolute Gasteiger partial charge is 0.351 e. The summed E-state index contributed by atoms with van der Waals surface area (Å²) in [7, 11) is 1.81. The minimum Gasteiger partial charge on any atom is -0.351 e. The van der Waals surface area contributed by atoms with Crippen molar-refractivity contribution in [1.82, 2.24) is 24.8 Å². The van der Waals surface area contributed by atoms with Crippen LogP contribution in [0.15, 0.2) is 49.3 Å². The Morgan fingerprint density at radius 3 is 2.85 bits per heavy atom. The highest BCUT2D eigenvalue weighted by molar-refractivity contribution is 5.77. The number of nitrogens with zero attached hydrogens (tertiary/aromatic N) is 5. The van der Waals surface area contributed by atoms with Crippen molar-refractivity contribution in [1.29, 1.82) is 5.26 Å². The first-order valence-electron chi connectivity index (χ1n) is 8.67. The van der Waals surface area contributed by atoms with Crippen molar-refractivity contribution in [3.8, 4) is 6.07 Å². The molecule has 0 radical (unpaired) electrons. The van der Waals surface area contributed by atoms with E-state index in [0.29, 0.717) is 12.1 Å². The van der Waals surface area contributed by atoms with Gasteiger partial charge in [-0.2, -0.15) is 9.65 Å². The lowest BCUT2D eigenvalue weighted by molar-refractivity contribution is 0.233. The normalized spacial score (nSPS) is 11.9. The van der Waals surface area contributed by atoms with Gasteiger partial charge in [0.15, 0.2) is 0 Å². The van der Waals surface area contributed by atoms with Crippen LogP contribution in [0.25, 0.3) is 11.0 Å². The van der Waals surface area contributed by atoms with E-state index in [0.717, 1.165) is 29.0 Å². The van der Waals surface area contributed by atoms with Crippen molar-refractivity contribution in [3.05, 3.63) is 72.2 Å². The van der Waals surface area contributed by atoms with Crippen molar-refractivity contribution in [2.75, 3.05) is 7.05 Å². The van der Waals surface area contributed by atoms with Crippen LogP contribution in [0.3, 0.4) is 0 Å². The van der Waals surface area contributed by atoms with Gasteiger partial charge in [-0.25, -0.2) is 9.97 Å². The topological polar surface area (TPSA) is 69.8 Å². The second kappa shape index (κ2) is 7.98. The van der Waals surface area contributed by atoms with Crippen molar-refractivity contribution >= 4 is 11.0 Å². The maximum absolute atomic E-state index is 13.6. The molecule has 2 heterocycles. The van der Waals surface area contributed by atoms with Crippen LogP contribution in [0, 0.1) is 17.3 Å². The summed E-state index contributed by atoms with van der Waals surface area (Å²) in [5.41, 5.74) is 3.09. The lowest BCUT2D eigenvalue weighted by Gasteiger charge is -2.30. The molecule has 0 fully saturated rings. The fourth-order valence-corrected chi connectivity index (χ4v) is 3.26. The summed E-state index contributed by atoms with van der Waals surface area (Å²) in [6.07, 6.45) is 2.88. The number of hydrogen-bond donors (Lipinski definition) is 1. The van der Waals surface area contributed by atoms with Crippen molar-refractivity contribution < 1.29 is 4.39 Å². The zero-order valence-electron chi connectivity index (χ0n) is 15.4. The van der Waals surface area contributed by atoms with Gasteiger partial charge in [0.1, 0.15) is 12.0 Å². The molecule has 0 aliphatic heterocycles. The average molecular weight is 364 g/mol. The maximum atomic E-state index is 13.6. The van der Waals surface area contributed by atoms with E-state index in [1.165, 1.54) is 12.3 Å². The molecule has 0 saturated heterocycles. The highest BCUT2D eigenvalue weighted by Crippen LogP contribution is 2.23. The molecule has 3 aromatic rings. The van der Waals surface area contributed by atoms with Gasteiger partial charge in [0.25, 0.3) is 0 Å². The Bertz CT molecular complexity index is 1000. The second-order valence-corrected chi connectivity index (χ2v) is 6.05. The number of pyridine rings is 1. The van der Waals surface area contributed by atoms with Gasteiger partial charge in [0.05, 0.1) is 29.2 Å². The van der Waals surface area contributed by atoms with Gasteiger partial charge in [-0.3, -0.25) is 5.32 Å². The average Bonchev–Trinajstić information content (AvgIpc) is 3.03. The first kappa shape index (κ1) is 18.5. The van der Waals surface area contributed by atoms with E-state index in [1.807, 2.05) is 18.0 Å². The minimum absolute atomic E-state index is 0.278. The SMILES string of the molecule is C=CN(Cc1nc2cc(C#N)ccc2n1CC)C(NC)c1ccnc(F)c1. The molecule has 1 N–H and O–H groups in total. The Morgan fingerprint density at radius 2 is 2.22 bits per heavy atom. The van der Waals surface area contributed by atoms with E-state index in [9.17, 15) is 4.39 Å². The molecule has 0 aliphatic carbocycles. The fourth-order valence-electron chi connectivity index (χ4n) is 3.26. The number of nitrogens with one attached hydrogen (secondary N) is 1. The van der Waals surface area contributed by atoms with Gasteiger partial charge >= 0.3 is 0 Å². The third kappa shape index (κ3) is 3.66. The Labute approximate surface area is 157 Å². The van der Waals surface area contributed by atoms with Gasteiger partial charge in [0, 0.05) is 12.7 Å². The van der Waals surface area contributed by atoms with E-state index < -0.39 is 5.95 Å². The number of imidazole rings is 1. The number of aromatic nitrogens is 3. The van der Waals surface area contributed by atoms with Crippen LogP contribution in [-0.2, 0) is 13.1 Å². The molecule has 0 amide bonds. The summed E-state index contributed by atoms with van der Waals surface area (Å²) in [4.78, 5) is 10.3. The zero-order chi connectivity index (χ0) is 19.4. The smallest absolute Gasteiger partial charge is 0.213 e. The highest BCUT2D eigenvalue weighted by atomic mass is 19.1. The number of hydrogen-bond acceptors (Lipinski definition) is 5. The molecule has 1 aromatic carbocycles. The first-order chi connectivity index (χ1) is 13.1. The fraction of sp³-hybridized carbons (Fsp3) is 0.250. The van der Waals surface area contributed by atoms with Gasteiger partial charge in [-0.1, -0.05) is 6.58 Å². The third-order valence-electron chi connectivity index (χ3n) is 4.50. The second-order valence-electron chi connectivity index (χ2n) is 6.05. The van der Waals surface area contributed by atoms with Crippen LogP contribution >= 0.6 is 0 Å². The van der Waals surface area contributed by atoms with E-state index in [4.69, 9.17) is 10.2 Å². The summed E-state index contributed by atoms with van der Waals surface area (Å²) in [5, 5.41) is 12.3. The van der Waals surface area contributed by atoms with E-state index >= 15 is 0 Å². The summed E-state index contributed by atoms with van der Waals surface area (Å²) in [6, 6.07) is 10.8. The standard InChI is InChI=1S/C20H21FN6/c1-4-26(20(23-3)15-8-9-24-18(21)11-15)13-19-25-16-10-14(12-22)6-7-17(16)27(19)5-2/h4,6-11,20,23H,1,5,13H2,2-3H3. The zero-order valence-corrected chi connectivity index (χ0v) is 15.4. The van der Waals surface area contributed by atoms with E-state index in [2.05, 4.69) is 34.4 Å². The molecule has 0 saturated carbocycles. The molecule has 2 aromatic heterocycles. The first-order valence-corrected chi connectivity index (χ1v) is 8.67. The van der Waals surface area contributed by atoms with Crippen molar-refractivity contribution in [2.24, 2.45) is 0 Å². The molecule has 0 spiro atoms. The number of halogens is 1. The summed E-state index contributed by atoms with van der Waals surface area (Å²) in [6.45, 7) is 7.18. The number of fused-ring (bicyclic) bond motifs is 1. The van der Waals surface area contributed by atoms with Crippen LogP contribution in [0.5, 0.6) is 0 Å². The van der Waals surface area contributed by atoms with E-state index in [1.54, 1.807) is 24.4 Å². The van der Waals surface area contributed by atoms with Crippen LogP contribution in [0.1, 0.15) is 30.0 Å². The lowest BCUT2D eigenvalue weighted by atomic mass is 10.2. The Morgan fingerprint density at radius 1 is 1.41 bits per heavy atom. The van der Waals surface area contributed by atoms with Crippen LogP contribution in [0.4, 0.5) is 4.39 Å². The molecule has 7 heteroatoms. The molecular formula is C20H21FN6. The Hall–Kier alpha value is -3.24. The molecule has 0 aliphatic rings. The van der Waals surface area contributed by atoms with Crippen LogP contribution < -0.4 is 5.32 Å². The molecular weight excluding hydrogens is 343 g/mol. The summed E-state index contributed by atoms with van der Waals surface area (Å²) >= 11 is 0. The quantitative estimate of drug-likeness (QED) is 0.514. The molecule has 1 atom stereocenters. The predicted octanol–water partition coefficient (Wildman–Crippen LogP) is 3.33. The Kier molecular flexibility index (Phi) is 5.48. The predicted molar refractivity (Wildman–Crippen MR) is 102 cm³/mol. The monoisotopic (exact) mass is 364 g/mol. The Balaban J connectivity index is 1.98. The van der Waals surface area contributed by atoms with Crippen molar-refractivity contribution in [3.63, 3.8) is 0 Å². The maximum Gasteiger partial charge on any atom is 0.213 e. The highest BCUT2D eigenvalue weighted by Gasteiger charge is 2.20. The summed E-state index contributed by atoms with van der Waals surface area (Å²) < 4.78 is 15.7. The van der Waals surface area contributed by atoms with Crippen LogP contribution in [-0.4, -0.2) is 26.5 Å². The number of aryl methyl sites for hydroxylation is 1. The number of nitriles is 1. The van der Waals surface area contributed by atoms with Gasteiger partial charge < -0.3 is 9.47 Å². The molecule has 138 valence electrons.